The number of carboxylic acid groups (broad SMARTS) is 1. The largest absolute Gasteiger partial charge is 0.480 e. The third-order valence-electron chi connectivity index (χ3n) is 5.56. The lowest BCUT2D eigenvalue weighted by Crippen LogP contribution is -2.47. The fraction of sp³-hybridized carbons (Fsp3) is 0.115. The van der Waals surface area contributed by atoms with E-state index in [9.17, 15) is 13.2 Å². The van der Waals surface area contributed by atoms with Crippen molar-refractivity contribution in [2.45, 2.75) is 16.2 Å². The number of carbonyl (C=O) groups is 1. The number of carboxylic acids is 1. The molecule has 1 unspecified atom stereocenters. The summed E-state index contributed by atoms with van der Waals surface area (Å²) in [5.41, 5.74) is 9.53. The Bertz CT molecular complexity index is 1420. The Labute approximate surface area is 215 Å². The van der Waals surface area contributed by atoms with E-state index in [-0.39, 0.29) is 41.8 Å². The number of anilines is 1. The fourth-order valence-electron chi connectivity index (χ4n) is 3.72. The van der Waals surface area contributed by atoms with Gasteiger partial charge in [-0.05, 0) is 41.0 Å². The van der Waals surface area contributed by atoms with Gasteiger partial charge in [0.15, 0.2) is 4.87 Å². The zero-order valence-electron chi connectivity index (χ0n) is 19.1. The Kier molecular flexibility index (Phi) is 8.41. The molecule has 2 heterocycles. The van der Waals surface area contributed by atoms with Crippen LogP contribution < -0.4 is 11.1 Å². The van der Waals surface area contributed by atoms with E-state index < -0.39 is 20.7 Å². The summed E-state index contributed by atoms with van der Waals surface area (Å²) in [6.07, 6.45) is 2.67. The van der Waals surface area contributed by atoms with E-state index in [1.165, 1.54) is 30.6 Å². The van der Waals surface area contributed by atoms with Gasteiger partial charge in [-0.15, -0.1) is 12.4 Å². The van der Waals surface area contributed by atoms with Crippen LogP contribution in [0.25, 0.3) is 11.1 Å². The summed E-state index contributed by atoms with van der Waals surface area (Å²) in [5.74, 6) is -0.863. The minimum Gasteiger partial charge on any atom is -0.480 e. The van der Waals surface area contributed by atoms with Crippen molar-refractivity contribution < 1.29 is 18.3 Å². The molecule has 0 bridgehead atoms. The van der Waals surface area contributed by atoms with Crippen LogP contribution >= 0.6 is 12.4 Å². The first-order valence-electron chi connectivity index (χ1n) is 10.8. The summed E-state index contributed by atoms with van der Waals surface area (Å²) in [6, 6.07) is 25.0. The number of aromatic nitrogens is 2. The highest BCUT2D eigenvalue weighted by Crippen LogP contribution is 2.34. The highest BCUT2D eigenvalue weighted by molar-refractivity contribution is 7.92. The average molecular weight is 525 g/mol. The molecule has 0 fully saturated rings. The molecular weight excluding hydrogens is 500 g/mol. The molecule has 186 valence electrons. The van der Waals surface area contributed by atoms with Crippen LogP contribution in [0.2, 0.25) is 0 Å². The predicted molar refractivity (Wildman–Crippen MR) is 140 cm³/mol. The van der Waals surface area contributed by atoms with E-state index in [2.05, 4.69) is 15.3 Å². The number of benzene rings is 2. The lowest BCUT2D eigenvalue weighted by Gasteiger charge is -2.29. The summed E-state index contributed by atoms with van der Waals surface area (Å²) >= 11 is 0. The molecule has 4 N–H and O–H groups in total. The minimum absolute atomic E-state index is 0. The van der Waals surface area contributed by atoms with Crippen LogP contribution in [0.5, 0.6) is 0 Å². The van der Waals surface area contributed by atoms with Crippen molar-refractivity contribution in [2.75, 3.05) is 11.9 Å². The molecule has 2 aromatic heterocycles. The van der Waals surface area contributed by atoms with Gasteiger partial charge in [-0.3, -0.25) is 9.78 Å². The van der Waals surface area contributed by atoms with Crippen LogP contribution in [0.15, 0.2) is 102 Å². The van der Waals surface area contributed by atoms with Gasteiger partial charge in [0.25, 0.3) is 0 Å². The number of hydrogen-bond acceptors (Lipinski definition) is 7. The summed E-state index contributed by atoms with van der Waals surface area (Å²) in [4.78, 5) is 17.3. The minimum atomic E-state index is -4.15. The smallest absolute Gasteiger partial charge is 0.322 e. The molecular formula is C26H25ClN4O4S. The molecule has 1 atom stereocenters. The number of rotatable bonds is 9. The van der Waals surface area contributed by atoms with Crippen LogP contribution in [0.3, 0.4) is 0 Å². The van der Waals surface area contributed by atoms with Crippen molar-refractivity contribution in [1.82, 2.24) is 9.97 Å². The van der Waals surface area contributed by atoms with Gasteiger partial charge in [0.1, 0.15) is 12.4 Å². The van der Waals surface area contributed by atoms with E-state index in [0.717, 1.165) is 11.1 Å². The quantitative estimate of drug-likeness (QED) is 0.300. The van der Waals surface area contributed by atoms with E-state index in [1.54, 1.807) is 12.1 Å². The van der Waals surface area contributed by atoms with Crippen molar-refractivity contribution in [3.63, 3.8) is 0 Å². The van der Waals surface area contributed by atoms with Crippen LogP contribution in [0.1, 0.15) is 11.3 Å². The second kappa shape index (κ2) is 11.3. The Balaban J connectivity index is 0.00000361. The molecule has 0 saturated carbocycles. The lowest BCUT2D eigenvalue weighted by atomic mass is 9.99. The molecule has 0 aliphatic rings. The van der Waals surface area contributed by atoms with Crippen LogP contribution in [-0.2, 0) is 25.9 Å². The number of nitrogens with two attached hydrogens (primary N) is 1. The standard InChI is InChI=1S/C26H24N4O4S.ClH/c27-26(35(33,34)22-8-5-15-28-17-22,23-9-4-10-24(30-23)29-18-25(31)32)16-19-11-13-21(14-12-19)20-6-2-1-3-7-20;/h1-15,17H,16,18,27H2,(H,29,30)(H,31,32);1H. The number of nitrogens with zero attached hydrogens (tertiary/aromatic N) is 2. The van der Waals surface area contributed by atoms with E-state index >= 15 is 0 Å². The van der Waals surface area contributed by atoms with Gasteiger partial charge in [-0.2, -0.15) is 0 Å². The molecule has 0 aliphatic heterocycles. The molecule has 8 nitrogen and oxygen atoms in total. The molecule has 4 rings (SSSR count). The normalized spacial score (nSPS) is 12.7. The molecule has 2 aromatic carbocycles. The van der Waals surface area contributed by atoms with E-state index in [0.29, 0.717) is 5.56 Å². The molecule has 36 heavy (non-hydrogen) atoms. The van der Waals surface area contributed by atoms with Crippen LogP contribution in [0.4, 0.5) is 5.82 Å². The van der Waals surface area contributed by atoms with Crippen molar-refractivity contribution in [3.8, 4) is 11.1 Å². The van der Waals surface area contributed by atoms with E-state index in [1.807, 2.05) is 54.6 Å². The number of sulfone groups is 1. The molecule has 4 aromatic rings. The molecule has 0 amide bonds. The molecule has 0 spiro atoms. The number of aliphatic carboxylic acids is 1. The predicted octanol–water partition coefficient (Wildman–Crippen LogP) is 3.89. The highest BCUT2D eigenvalue weighted by Gasteiger charge is 2.44. The van der Waals surface area contributed by atoms with Crippen molar-refractivity contribution in [3.05, 3.63) is 109 Å². The van der Waals surface area contributed by atoms with Gasteiger partial charge < -0.3 is 16.2 Å². The zero-order valence-corrected chi connectivity index (χ0v) is 20.7. The van der Waals surface area contributed by atoms with Gasteiger partial charge in [-0.1, -0.05) is 60.7 Å². The highest BCUT2D eigenvalue weighted by atomic mass is 35.5. The number of nitrogens with one attached hydrogen (secondary N) is 1. The zero-order chi connectivity index (χ0) is 24.9. The van der Waals surface area contributed by atoms with Crippen LogP contribution in [0, 0.1) is 0 Å². The Morgan fingerprint density at radius 3 is 2.25 bits per heavy atom. The maximum Gasteiger partial charge on any atom is 0.322 e. The second-order valence-electron chi connectivity index (χ2n) is 7.98. The maximum atomic E-state index is 13.8. The van der Waals surface area contributed by atoms with Gasteiger partial charge in [0.05, 0.1) is 10.6 Å². The van der Waals surface area contributed by atoms with Gasteiger partial charge in [-0.25, -0.2) is 13.4 Å². The second-order valence-corrected chi connectivity index (χ2v) is 10.2. The van der Waals surface area contributed by atoms with Crippen LogP contribution in [-0.4, -0.2) is 36.0 Å². The topological polar surface area (TPSA) is 135 Å². The molecule has 0 radical (unpaired) electrons. The SMILES string of the molecule is Cl.NC(Cc1ccc(-c2ccccc2)cc1)(c1cccc(NCC(=O)O)n1)S(=O)(=O)c1cccnc1. The summed E-state index contributed by atoms with van der Waals surface area (Å²) in [5, 5.41) is 11.6. The van der Waals surface area contributed by atoms with Crippen molar-refractivity contribution in [1.29, 1.82) is 0 Å². The van der Waals surface area contributed by atoms with Gasteiger partial charge in [0, 0.05) is 18.8 Å². The third kappa shape index (κ3) is 5.71. The first-order valence-corrected chi connectivity index (χ1v) is 12.3. The first-order chi connectivity index (χ1) is 16.8. The summed E-state index contributed by atoms with van der Waals surface area (Å²) in [7, 11) is -4.15. The summed E-state index contributed by atoms with van der Waals surface area (Å²) in [6.45, 7) is -0.371. The molecule has 0 saturated heterocycles. The van der Waals surface area contributed by atoms with E-state index in [4.69, 9.17) is 10.8 Å². The Hall–Kier alpha value is -3.79. The number of hydrogen-bond donors (Lipinski definition) is 3. The first kappa shape index (κ1) is 26.8. The number of halogens is 1. The maximum absolute atomic E-state index is 13.8. The van der Waals surface area contributed by atoms with Gasteiger partial charge >= 0.3 is 5.97 Å². The molecule has 10 heteroatoms. The number of pyridine rings is 2. The Morgan fingerprint density at radius 1 is 0.917 bits per heavy atom. The Morgan fingerprint density at radius 2 is 1.61 bits per heavy atom. The fourth-order valence-corrected chi connectivity index (χ4v) is 5.35. The lowest BCUT2D eigenvalue weighted by molar-refractivity contribution is -0.134. The monoisotopic (exact) mass is 524 g/mol. The average Bonchev–Trinajstić information content (AvgIpc) is 2.89. The third-order valence-corrected chi connectivity index (χ3v) is 7.73. The van der Waals surface area contributed by atoms with Crippen molar-refractivity contribution >= 4 is 34.0 Å². The van der Waals surface area contributed by atoms with Gasteiger partial charge in [0.2, 0.25) is 9.84 Å². The summed E-state index contributed by atoms with van der Waals surface area (Å²) < 4.78 is 27.6. The van der Waals surface area contributed by atoms with Crippen molar-refractivity contribution in [2.24, 2.45) is 5.73 Å². The molecule has 0 aliphatic carbocycles.